The third kappa shape index (κ3) is 3.43. The molecule has 27 heavy (non-hydrogen) atoms. The molecule has 2 unspecified atom stereocenters. The Labute approximate surface area is 185 Å². The fraction of sp³-hybridized carbons (Fsp3) is 0.312. The van der Waals surface area contributed by atoms with Crippen molar-refractivity contribution in [3.8, 4) is 5.75 Å². The SMILES string of the molecule is COC1(C(Cl)(Cl)Cl)NC=NC(c2c(O)ccc3ccccc23)(C(Cl)(Cl)Cl)N1. The summed E-state index contributed by atoms with van der Waals surface area (Å²) in [5, 5.41) is 17.6. The van der Waals surface area contributed by atoms with Gasteiger partial charge >= 0.3 is 0 Å². The minimum absolute atomic E-state index is 0.166. The normalized spacial score (nSPS) is 26.2. The minimum atomic E-state index is -2.12. The molecule has 0 bridgehead atoms. The molecule has 146 valence electrons. The number of phenolic OH excluding ortho intramolecular Hbond substituents is 1. The average Bonchev–Trinajstić information content (AvgIpc) is 2.59. The quantitative estimate of drug-likeness (QED) is 0.519. The van der Waals surface area contributed by atoms with Crippen LogP contribution in [-0.2, 0) is 10.4 Å². The first-order valence-electron chi connectivity index (χ1n) is 7.48. The van der Waals surface area contributed by atoms with E-state index in [0.29, 0.717) is 5.39 Å². The number of hydrogen-bond donors (Lipinski definition) is 3. The Hall–Kier alpha value is -0.370. The summed E-state index contributed by atoms with van der Waals surface area (Å²) in [4.78, 5) is 4.31. The van der Waals surface area contributed by atoms with Crippen LogP contribution in [0.5, 0.6) is 5.75 Å². The van der Waals surface area contributed by atoms with Gasteiger partial charge in [-0.3, -0.25) is 0 Å². The van der Waals surface area contributed by atoms with E-state index in [0.717, 1.165) is 5.39 Å². The second-order valence-electron chi connectivity index (χ2n) is 5.80. The molecule has 0 aromatic heterocycles. The lowest BCUT2D eigenvalue weighted by molar-refractivity contribution is -0.0784. The van der Waals surface area contributed by atoms with E-state index in [1.54, 1.807) is 18.2 Å². The topological polar surface area (TPSA) is 65.9 Å². The molecule has 2 atom stereocenters. The summed E-state index contributed by atoms with van der Waals surface area (Å²) in [5.74, 6) is -1.98. The number of alkyl halides is 6. The van der Waals surface area contributed by atoms with Crippen LogP contribution in [0.4, 0.5) is 0 Å². The number of fused-ring (bicyclic) bond motifs is 1. The molecule has 0 amide bonds. The van der Waals surface area contributed by atoms with E-state index in [1.807, 2.05) is 12.1 Å². The van der Waals surface area contributed by atoms with Crippen molar-refractivity contribution in [2.24, 2.45) is 4.99 Å². The van der Waals surface area contributed by atoms with Crippen LogP contribution in [0, 0.1) is 0 Å². The van der Waals surface area contributed by atoms with E-state index < -0.39 is 19.1 Å². The Bertz CT molecular complexity index is 898. The molecule has 5 nitrogen and oxygen atoms in total. The largest absolute Gasteiger partial charge is 0.507 e. The number of phenols is 1. The van der Waals surface area contributed by atoms with Crippen molar-refractivity contribution in [3.63, 3.8) is 0 Å². The lowest BCUT2D eigenvalue weighted by Crippen LogP contribution is -2.75. The van der Waals surface area contributed by atoms with Crippen LogP contribution in [0.2, 0.25) is 0 Å². The summed E-state index contributed by atoms with van der Waals surface area (Å²) >= 11 is 37.4. The number of hydrogen-bond acceptors (Lipinski definition) is 5. The molecule has 1 aliphatic heterocycles. The molecule has 0 aliphatic carbocycles. The molecule has 2 aromatic carbocycles. The summed E-state index contributed by atoms with van der Waals surface area (Å²) in [6, 6.07) is 10.4. The average molecular weight is 492 g/mol. The van der Waals surface area contributed by atoms with Gasteiger partial charge in [0.2, 0.25) is 9.64 Å². The number of rotatable bonds is 2. The van der Waals surface area contributed by atoms with E-state index in [4.69, 9.17) is 74.3 Å². The van der Waals surface area contributed by atoms with Gasteiger partial charge in [-0.2, -0.15) is 0 Å². The van der Waals surface area contributed by atoms with Gasteiger partial charge in [-0.15, -0.1) is 0 Å². The molecule has 1 heterocycles. The second-order valence-corrected chi connectivity index (χ2v) is 10.4. The first-order chi connectivity index (χ1) is 12.5. The van der Waals surface area contributed by atoms with Crippen molar-refractivity contribution in [2.45, 2.75) is 19.1 Å². The molecule has 2 aromatic rings. The highest BCUT2D eigenvalue weighted by Gasteiger charge is 2.63. The molecule has 0 saturated carbocycles. The number of nitrogens with one attached hydrogen (secondary N) is 2. The van der Waals surface area contributed by atoms with Crippen molar-refractivity contribution in [1.29, 1.82) is 0 Å². The summed E-state index contributed by atoms with van der Waals surface area (Å²) in [5.41, 5.74) is -1.66. The van der Waals surface area contributed by atoms with Crippen LogP contribution in [0.3, 0.4) is 0 Å². The summed E-state index contributed by atoms with van der Waals surface area (Å²) < 4.78 is 1.24. The molecule has 0 saturated heterocycles. The van der Waals surface area contributed by atoms with E-state index >= 15 is 0 Å². The van der Waals surface area contributed by atoms with Crippen molar-refractivity contribution in [3.05, 3.63) is 42.0 Å². The predicted molar refractivity (Wildman–Crippen MR) is 112 cm³/mol. The Morgan fingerprint density at radius 3 is 2.26 bits per heavy atom. The van der Waals surface area contributed by atoms with E-state index in [1.165, 1.54) is 19.5 Å². The Morgan fingerprint density at radius 2 is 1.67 bits per heavy atom. The van der Waals surface area contributed by atoms with Gasteiger partial charge in [-0.05, 0) is 16.8 Å². The van der Waals surface area contributed by atoms with Gasteiger partial charge in [-0.25, -0.2) is 10.3 Å². The maximum atomic E-state index is 10.7. The molecule has 3 N–H and O–H groups in total. The first kappa shape index (κ1) is 21.3. The van der Waals surface area contributed by atoms with Gasteiger partial charge in [0, 0.05) is 12.7 Å². The zero-order valence-electron chi connectivity index (χ0n) is 13.6. The fourth-order valence-corrected chi connectivity index (χ4v) is 4.08. The molecule has 0 radical (unpaired) electrons. The van der Waals surface area contributed by atoms with Gasteiger partial charge in [-0.1, -0.05) is 99.9 Å². The Balaban J connectivity index is 2.37. The van der Waals surface area contributed by atoms with Crippen LogP contribution >= 0.6 is 69.6 Å². The summed E-state index contributed by atoms with van der Waals surface area (Å²) in [6.45, 7) is 0. The van der Waals surface area contributed by atoms with Crippen LogP contribution in [0.25, 0.3) is 10.8 Å². The molecule has 1 aliphatic rings. The van der Waals surface area contributed by atoms with Gasteiger partial charge in [0.15, 0.2) is 5.66 Å². The Kier molecular flexibility index (Phi) is 5.65. The first-order valence-corrected chi connectivity index (χ1v) is 9.75. The maximum Gasteiger partial charge on any atom is 0.252 e. The third-order valence-corrected chi connectivity index (χ3v) is 5.89. The van der Waals surface area contributed by atoms with Crippen LogP contribution < -0.4 is 10.6 Å². The number of ether oxygens (including phenoxy) is 1. The van der Waals surface area contributed by atoms with Crippen LogP contribution in [-0.4, -0.2) is 32.0 Å². The number of aromatic hydroxyl groups is 1. The number of nitrogens with zero attached hydrogens (tertiary/aromatic N) is 1. The monoisotopic (exact) mass is 489 g/mol. The lowest BCUT2D eigenvalue weighted by Gasteiger charge is -2.50. The van der Waals surface area contributed by atoms with E-state index in [2.05, 4.69) is 15.6 Å². The predicted octanol–water partition coefficient (Wildman–Crippen LogP) is 4.96. The summed E-state index contributed by atoms with van der Waals surface area (Å²) in [7, 11) is 1.30. The molecule has 3 rings (SSSR count). The van der Waals surface area contributed by atoms with E-state index in [9.17, 15) is 5.11 Å². The fourth-order valence-electron chi connectivity index (χ4n) is 2.97. The van der Waals surface area contributed by atoms with Crippen molar-refractivity contribution < 1.29 is 9.84 Å². The number of halogens is 6. The van der Waals surface area contributed by atoms with Crippen molar-refractivity contribution in [2.75, 3.05) is 7.11 Å². The standard InChI is InChI=1S/C16H13Cl6N3O2/c1-27-16(15(20,21)22)24-8-23-13(25-16,14(17,18)19)12-10-5-3-2-4-9(10)6-7-11(12)26/h2-8,25-26H,1H3,(H,23,24). The third-order valence-electron chi connectivity index (χ3n) is 4.27. The number of aliphatic imine (C=N–C) groups is 1. The highest BCUT2D eigenvalue weighted by atomic mass is 35.6. The molecule has 0 spiro atoms. The highest BCUT2D eigenvalue weighted by molar-refractivity contribution is 6.69. The smallest absolute Gasteiger partial charge is 0.252 e. The maximum absolute atomic E-state index is 10.7. The number of methoxy groups -OCH3 is 1. The van der Waals surface area contributed by atoms with Crippen LogP contribution in [0.1, 0.15) is 5.56 Å². The molecular formula is C16H13Cl6N3O2. The zero-order chi connectivity index (χ0) is 20.1. The number of benzene rings is 2. The molecule has 11 heteroatoms. The summed E-state index contributed by atoms with van der Waals surface area (Å²) in [6.07, 6.45) is 1.20. The van der Waals surface area contributed by atoms with Crippen molar-refractivity contribution in [1.82, 2.24) is 10.6 Å². The lowest BCUT2D eigenvalue weighted by atomic mass is 9.92. The Morgan fingerprint density at radius 1 is 1.00 bits per heavy atom. The van der Waals surface area contributed by atoms with Crippen LogP contribution in [0.15, 0.2) is 41.4 Å². The van der Waals surface area contributed by atoms with Gasteiger partial charge in [0.25, 0.3) is 3.79 Å². The minimum Gasteiger partial charge on any atom is -0.507 e. The van der Waals surface area contributed by atoms with Gasteiger partial charge in [0.05, 0.1) is 6.34 Å². The van der Waals surface area contributed by atoms with E-state index in [-0.39, 0.29) is 11.3 Å². The van der Waals surface area contributed by atoms with Gasteiger partial charge < -0.3 is 15.2 Å². The molecule has 0 fully saturated rings. The highest BCUT2D eigenvalue weighted by Crippen LogP contribution is 2.53. The molecular weight excluding hydrogens is 479 g/mol. The van der Waals surface area contributed by atoms with Crippen molar-refractivity contribution >= 4 is 86.7 Å². The zero-order valence-corrected chi connectivity index (χ0v) is 18.1. The van der Waals surface area contributed by atoms with Gasteiger partial charge in [0.1, 0.15) is 5.75 Å². The second kappa shape index (κ2) is 7.15.